The first-order valence-corrected chi connectivity index (χ1v) is 3.98. The van der Waals surface area contributed by atoms with Crippen molar-refractivity contribution >= 4 is 0 Å². The zero-order valence-electron chi connectivity index (χ0n) is 7.46. The van der Waals surface area contributed by atoms with Gasteiger partial charge in [-0.15, -0.1) is 0 Å². The summed E-state index contributed by atoms with van der Waals surface area (Å²) in [7, 11) is 0. The highest BCUT2D eigenvalue weighted by Crippen LogP contribution is 2.08. The number of nitrogens with two attached hydrogens (primary N) is 2. The summed E-state index contributed by atoms with van der Waals surface area (Å²) in [6.07, 6.45) is 0. The molecule has 0 aromatic heterocycles. The maximum atomic E-state index is 5.84. The predicted molar refractivity (Wildman–Crippen MR) is 45.6 cm³/mol. The van der Waals surface area contributed by atoms with Gasteiger partial charge in [0.05, 0.1) is 0 Å². The van der Waals surface area contributed by atoms with E-state index in [1.807, 2.05) is 0 Å². The minimum absolute atomic E-state index is 0.139. The van der Waals surface area contributed by atoms with Crippen LogP contribution < -0.4 is 11.5 Å². The SMILES string of the molecule is CC(C)[C@@H](N)[C@H](N)C(C)C. The fourth-order valence-electron chi connectivity index (χ4n) is 0.889. The van der Waals surface area contributed by atoms with Crippen molar-refractivity contribution in [3.05, 3.63) is 0 Å². The summed E-state index contributed by atoms with van der Waals surface area (Å²) in [5.74, 6) is 0.967. The Morgan fingerprint density at radius 2 is 0.900 bits per heavy atom. The molecule has 2 heteroatoms. The molecule has 0 saturated carbocycles. The van der Waals surface area contributed by atoms with Crippen molar-refractivity contribution in [3.8, 4) is 0 Å². The van der Waals surface area contributed by atoms with Gasteiger partial charge in [0.2, 0.25) is 0 Å². The van der Waals surface area contributed by atoms with Crippen LogP contribution in [-0.4, -0.2) is 12.1 Å². The lowest BCUT2D eigenvalue weighted by molar-refractivity contribution is 0.348. The number of hydrogen-bond acceptors (Lipinski definition) is 2. The lowest BCUT2D eigenvalue weighted by atomic mass is 9.90. The third kappa shape index (κ3) is 2.67. The first kappa shape index (κ1) is 9.92. The first-order valence-electron chi connectivity index (χ1n) is 3.98. The topological polar surface area (TPSA) is 52.0 Å². The minimum atomic E-state index is 0.139. The zero-order chi connectivity index (χ0) is 8.31. The van der Waals surface area contributed by atoms with Gasteiger partial charge in [-0.25, -0.2) is 0 Å². The Balaban J connectivity index is 3.81. The molecule has 0 rings (SSSR count). The van der Waals surface area contributed by atoms with Crippen molar-refractivity contribution in [1.29, 1.82) is 0 Å². The monoisotopic (exact) mass is 144 g/mol. The summed E-state index contributed by atoms with van der Waals surface area (Å²) in [5.41, 5.74) is 11.7. The third-order valence-corrected chi connectivity index (χ3v) is 1.98. The van der Waals surface area contributed by atoms with Crippen molar-refractivity contribution < 1.29 is 0 Å². The summed E-state index contributed by atoms with van der Waals surface area (Å²) < 4.78 is 0. The van der Waals surface area contributed by atoms with Crippen LogP contribution in [-0.2, 0) is 0 Å². The van der Waals surface area contributed by atoms with Crippen LogP contribution >= 0.6 is 0 Å². The molecule has 0 fully saturated rings. The molecule has 0 unspecified atom stereocenters. The van der Waals surface area contributed by atoms with Gasteiger partial charge in [0.15, 0.2) is 0 Å². The Bertz CT molecular complexity index is 77.3. The van der Waals surface area contributed by atoms with Crippen LogP contribution in [0.3, 0.4) is 0 Å². The van der Waals surface area contributed by atoms with Crippen LogP contribution in [0.1, 0.15) is 27.7 Å². The molecule has 62 valence electrons. The Morgan fingerprint density at radius 1 is 0.700 bits per heavy atom. The van der Waals surface area contributed by atoms with Gasteiger partial charge in [-0.2, -0.15) is 0 Å². The van der Waals surface area contributed by atoms with Gasteiger partial charge in [0.25, 0.3) is 0 Å². The van der Waals surface area contributed by atoms with Crippen molar-refractivity contribution in [1.82, 2.24) is 0 Å². The maximum Gasteiger partial charge on any atom is 0.0218 e. The average Bonchev–Trinajstić information content (AvgIpc) is 1.84. The molecule has 0 aliphatic carbocycles. The second-order valence-corrected chi connectivity index (χ2v) is 3.64. The molecule has 0 aliphatic heterocycles. The normalized spacial score (nSPS) is 18.0. The quantitative estimate of drug-likeness (QED) is 0.619. The second-order valence-electron chi connectivity index (χ2n) is 3.64. The van der Waals surface area contributed by atoms with E-state index in [1.165, 1.54) is 0 Å². The van der Waals surface area contributed by atoms with E-state index in [0.717, 1.165) is 0 Å². The Labute approximate surface area is 64.0 Å². The van der Waals surface area contributed by atoms with Gasteiger partial charge >= 0.3 is 0 Å². The van der Waals surface area contributed by atoms with E-state index < -0.39 is 0 Å². The summed E-state index contributed by atoms with van der Waals surface area (Å²) in [6.45, 7) is 8.42. The molecule has 0 bridgehead atoms. The van der Waals surface area contributed by atoms with Crippen LogP contribution in [0.25, 0.3) is 0 Å². The van der Waals surface area contributed by atoms with E-state index >= 15 is 0 Å². The molecule has 0 amide bonds. The molecule has 0 radical (unpaired) electrons. The summed E-state index contributed by atoms with van der Waals surface area (Å²) in [5, 5.41) is 0. The highest BCUT2D eigenvalue weighted by molar-refractivity contribution is 4.80. The van der Waals surface area contributed by atoms with Crippen LogP contribution in [0.2, 0.25) is 0 Å². The fraction of sp³-hybridized carbons (Fsp3) is 1.00. The van der Waals surface area contributed by atoms with Gasteiger partial charge in [-0.3, -0.25) is 0 Å². The smallest absolute Gasteiger partial charge is 0.0218 e. The molecule has 2 nitrogen and oxygen atoms in total. The Morgan fingerprint density at radius 3 is 1.00 bits per heavy atom. The minimum Gasteiger partial charge on any atom is -0.326 e. The van der Waals surface area contributed by atoms with E-state index in [-0.39, 0.29) is 12.1 Å². The lowest BCUT2D eigenvalue weighted by Crippen LogP contribution is -2.47. The van der Waals surface area contributed by atoms with E-state index in [1.54, 1.807) is 0 Å². The van der Waals surface area contributed by atoms with Crippen molar-refractivity contribution in [2.75, 3.05) is 0 Å². The molecule has 0 saturated heterocycles. The molecule has 0 spiro atoms. The van der Waals surface area contributed by atoms with E-state index in [0.29, 0.717) is 11.8 Å². The van der Waals surface area contributed by atoms with Crippen molar-refractivity contribution in [2.45, 2.75) is 39.8 Å². The molecule has 0 aromatic carbocycles. The van der Waals surface area contributed by atoms with Crippen LogP contribution in [0.5, 0.6) is 0 Å². The number of rotatable bonds is 3. The molecule has 2 atom stereocenters. The summed E-state index contributed by atoms with van der Waals surface area (Å²) in [4.78, 5) is 0. The molecule has 4 N–H and O–H groups in total. The molecule has 0 aromatic rings. The second kappa shape index (κ2) is 3.94. The van der Waals surface area contributed by atoms with Gasteiger partial charge in [0, 0.05) is 12.1 Å². The molecule has 0 heterocycles. The third-order valence-electron chi connectivity index (χ3n) is 1.98. The zero-order valence-corrected chi connectivity index (χ0v) is 7.46. The van der Waals surface area contributed by atoms with Crippen LogP contribution in [0.15, 0.2) is 0 Å². The maximum absolute atomic E-state index is 5.84. The molecular formula is C8H20N2. The Hall–Kier alpha value is -0.0800. The lowest BCUT2D eigenvalue weighted by Gasteiger charge is -2.26. The first-order chi connectivity index (χ1) is 4.46. The highest BCUT2D eigenvalue weighted by Gasteiger charge is 2.18. The van der Waals surface area contributed by atoms with E-state index in [9.17, 15) is 0 Å². The van der Waals surface area contributed by atoms with Gasteiger partial charge in [-0.05, 0) is 11.8 Å². The van der Waals surface area contributed by atoms with Crippen molar-refractivity contribution in [3.63, 3.8) is 0 Å². The fourth-order valence-corrected chi connectivity index (χ4v) is 0.889. The van der Waals surface area contributed by atoms with E-state index in [4.69, 9.17) is 11.5 Å². The van der Waals surface area contributed by atoms with Crippen LogP contribution in [0.4, 0.5) is 0 Å². The molecule has 10 heavy (non-hydrogen) atoms. The van der Waals surface area contributed by atoms with Gasteiger partial charge in [0.1, 0.15) is 0 Å². The predicted octanol–water partition coefficient (Wildman–Crippen LogP) is 0.953. The number of hydrogen-bond donors (Lipinski definition) is 2. The summed E-state index contributed by atoms with van der Waals surface area (Å²) >= 11 is 0. The average molecular weight is 144 g/mol. The van der Waals surface area contributed by atoms with E-state index in [2.05, 4.69) is 27.7 Å². The molecular weight excluding hydrogens is 124 g/mol. The largest absolute Gasteiger partial charge is 0.326 e. The van der Waals surface area contributed by atoms with Gasteiger partial charge in [-0.1, -0.05) is 27.7 Å². The van der Waals surface area contributed by atoms with Crippen LogP contribution in [0, 0.1) is 11.8 Å². The van der Waals surface area contributed by atoms with Gasteiger partial charge < -0.3 is 11.5 Å². The molecule has 0 aliphatic rings. The standard InChI is InChI=1S/C8H20N2/c1-5(2)7(9)8(10)6(3)4/h5-8H,9-10H2,1-4H3/t7-,8-/m1/s1. The highest BCUT2D eigenvalue weighted by atomic mass is 14.8. The summed E-state index contributed by atoms with van der Waals surface area (Å²) in [6, 6.07) is 0.278. The van der Waals surface area contributed by atoms with Crippen molar-refractivity contribution in [2.24, 2.45) is 23.3 Å². The Kier molecular flexibility index (Phi) is 3.91.